The van der Waals surface area contributed by atoms with Crippen LogP contribution in [0, 0.1) is 0 Å². The Labute approximate surface area is 204 Å². The first-order chi connectivity index (χ1) is 17.0. The zero-order chi connectivity index (χ0) is 24.2. The number of benzene rings is 3. The number of hydrogen-bond acceptors (Lipinski definition) is 3. The fraction of sp³-hybridized carbons (Fsp3) is 0.241. The fourth-order valence-electron chi connectivity index (χ4n) is 5.84. The molecule has 0 radical (unpaired) electrons. The third-order valence-corrected chi connectivity index (χ3v) is 7.55. The van der Waals surface area contributed by atoms with Crippen molar-refractivity contribution in [2.45, 2.75) is 24.9 Å². The molecule has 6 heteroatoms. The Balaban J connectivity index is 1.53. The second-order valence-corrected chi connectivity index (χ2v) is 9.48. The monoisotopic (exact) mass is 465 g/mol. The van der Waals surface area contributed by atoms with Gasteiger partial charge < -0.3 is 19.5 Å². The lowest BCUT2D eigenvalue weighted by molar-refractivity contribution is -0.166. The van der Waals surface area contributed by atoms with Gasteiger partial charge in [0, 0.05) is 35.5 Å². The lowest BCUT2D eigenvalue weighted by Crippen LogP contribution is -2.67. The fourth-order valence-corrected chi connectivity index (χ4v) is 5.84. The summed E-state index contributed by atoms with van der Waals surface area (Å²) in [6.07, 6.45) is 0. The highest BCUT2D eigenvalue weighted by atomic mass is 16.5. The van der Waals surface area contributed by atoms with Crippen LogP contribution in [0.3, 0.4) is 0 Å². The maximum absolute atomic E-state index is 14.1. The summed E-state index contributed by atoms with van der Waals surface area (Å²) in [5, 5.41) is 1.07. The number of carbonyl (C=O) groups is 2. The van der Waals surface area contributed by atoms with Crippen molar-refractivity contribution in [3.05, 3.63) is 101 Å². The summed E-state index contributed by atoms with van der Waals surface area (Å²) < 4.78 is 5.71. The van der Waals surface area contributed by atoms with Gasteiger partial charge in [0.15, 0.2) is 5.54 Å². The maximum Gasteiger partial charge on any atom is 0.255 e. The number of para-hydroxylation sites is 2. The summed E-state index contributed by atoms with van der Waals surface area (Å²) in [4.78, 5) is 34.8. The quantitative estimate of drug-likeness (QED) is 0.486. The number of carbonyl (C=O) groups excluding carboxylic acids is 2. The van der Waals surface area contributed by atoms with Gasteiger partial charge in [-0.1, -0.05) is 66.7 Å². The van der Waals surface area contributed by atoms with Crippen LogP contribution in [0.15, 0.2) is 78.9 Å². The van der Waals surface area contributed by atoms with Gasteiger partial charge in [-0.15, -0.1) is 0 Å². The standard InChI is InChI=1S/C29H27N3O3/c1-29-27-26(21-13-6-8-14-23(21)30-27)22(20-12-7-9-15-24(20)35-2)17-32(29)25(33)18-31(28(29)34)16-19-10-4-3-5-11-19/h3-15,22,30H,16-18H2,1-2H3/t22?,29-/m0/s1. The molecule has 0 aliphatic carbocycles. The van der Waals surface area contributed by atoms with Crippen molar-refractivity contribution in [2.75, 3.05) is 20.2 Å². The smallest absolute Gasteiger partial charge is 0.255 e. The van der Waals surface area contributed by atoms with E-state index in [0.717, 1.165) is 39.0 Å². The van der Waals surface area contributed by atoms with Crippen molar-refractivity contribution in [2.24, 2.45) is 0 Å². The third-order valence-electron chi connectivity index (χ3n) is 7.55. The number of fused-ring (bicyclic) bond motifs is 5. The lowest BCUT2D eigenvalue weighted by Gasteiger charge is -2.51. The van der Waals surface area contributed by atoms with Gasteiger partial charge in [-0.2, -0.15) is 0 Å². The molecule has 1 aromatic heterocycles. The molecule has 1 saturated heterocycles. The van der Waals surface area contributed by atoms with E-state index in [1.807, 2.05) is 73.7 Å². The molecule has 4 aromatic rings. The highest BCUT2D eigenvalue weighted by Crippen LogP contribution is 2.49. The summed E-state index contributed by atoms with van der Waals surface area (Å²) in [6.45, 7) is 2.77. The van der Waals surface area contributed by atoms with E-state index in [0.29, 0.717) is 13.1 Å². The maximum atomic E-state index is 14.1. The molecular weight excluding hydrogens is 438 g/mol. The van der Waals surface area contributed by atoms with Crippen molar-refractivity contribution in [3.8, 4) is 5.75 Å². The molecule has 0 spiro atoms. The van der Waals surface area contributed by atoms with Crippen LogP contribution in [-0.2, 0) is 21.7 Å². The Kier molecular flexibility index (Phi) is 4.92. The van der Waals surface area contributed by atoms with Crippen molar-refractivity contribution in [1.29, 1.82) is 0 Å². The van der Waals surface area contributed by atoms with Gasteiger partial charge in [-0.25, -0.2) is 0 Å². The summed E-state index contributed by atoms with van der Waals surface area (Å²) >= 11 is 0. The van der Waals surface area contributed by atoms with Crippen LogP contribution in [0.5, 0.6) is 5.75 Å². The summed E-state index contributed by atoms with van der Waals surface area (Å²) in [6, 6.07) is 25.9. The average molecular weight is 466 g/mol. The Hall–Kier alpha value is -4.06. The molecule has 0 bridgehead atoms. The molecule has 3 heterocycles. The Morgan fingerprint density at radius 3 is 2.49 bits per heavy atom. The van der Waals surface area contributed by atoms with E-state index in [-0.39, 0.29) is 24.3 Å². The van der Waals surface area contributed by atoms with Crippen molar-refractivity contribution in [3.63, 3.8) is 0 Å². The van der Waals surface area contributed by atoms with E-state index >= 15 is 0 Å². The van der Waals surface area contributed by atoms with Crippen LogP contribution in [-0.4, -0.2) is 46.8 Å². The van der Waals surface area contributed by atoms with Crippen LogP contribution in [0.1, 0.15) is 35.2 Å². The molecule has 3 aromatic carbocycles. The highest BCUT2D eigenvalue weighted by Gasteiger charge is 2.56. The zero-order valence-electron chi connectivity index (χ0n) is 19.8. The number of methoxy groups -OCH3 is 1. The minimum Gasteiger partial charge on any atom is -0.496 e. The molecule has 1 fully saturated rings. The number of rotatable bonds is 4. The van der Waals surface area contributed by atoms with Crippen LogP contribution < -0.4 is 4.74 Å². The minimum atomic E-state index is -1.11. The Morgan fingerprint density at radius 2 is 1.69 bits per heavy atom. The first-order valence-electron chi connectivity index (χ1n) is 11.9. The first-order valence-corrected chi connectivity index (χ1v) is 11.9. The van der Waals surface area contributed by atoms with Crippen LogP contribution >= 0.6 is 0 Å². The number of aromatic nitrogens is 1. The van der Waals surface area contributed by atoms with E-state index in [9.17, 15) is 9.59 Å². The van der Waals surface area contributed by atoms with Crippen molar-refractivity contribution >= 4 is 22.7 Å². The van der Waals surface area contributed by atoms with E-state index in [4.69, 9.17) is 4.74 Å². The van der Waals surface area contributed by atoms with Crippen molar-refractivity contribution < 1.29 is 14.3 Å². The number of ether oxygens (including phenoxy) is 1. The number of nitrogens with zero attached hydrogens (tertiary/aromatic N) is 2. The number of piperazine rings is 1. The van der Waals surface area contributed by atoms with Crippen LogP contribution in [0.4, 0.5) is 0 Å². The van der Waals surface area contributed by atoms with Gasteiger partial charge in [0.2, 0.25) is 5.91 Å². The molecule has 6 rings (SSSR count). The summed E-state index contributed by atoms with van der Waals surface area (Å²) in [5.41, 5.74) is 3.71. The van der Waals surface area contributed by atoms with E-state index in [1.54, 1.807) is 16.9 Å². The lowest BCUT2D eigenvalue weighted by atomic mass is 9.76. The first kappa shape index (κ1) is 21.5. The number of H-pyrrole nitrogens is 1. The SMILES string of the molecule is COc1ccccc1C1CN2C(=O)CN(Cc3ccccc3)C(=O)[C@]2(C)c2[nH]c3ccccc3c21. The predicted molar refractivity (Wildman–Crippen MR) is 134 cm³/mol. The van der Waals surface area contributed by atoms with Gasteiger partial charge >= 0.3 is 0 Å². The molecule has 2 aliphatic rings. The van der Waals surface area contributed by atoms with Crippen molar-refractivity contribution in [1.82, 2.24) is 14.8 Å². The van der Waals surface area contributed by atoms with E-state index < -0.39 is 5.54 Å². The molecule has 2 atom stereocenters. The zero-order valence-corrected chi connectivity index (χ0v) is 19.8. The second kappa shape index (κ2) is 8.01. The van der Waals surface area contributed by atoms with Gasteiger partial charge in [-0.3, -0.25) is 9.59 Å². The summed E-state index contributed by atoms with van der Waals surface area (Å²) in [5.74, 6) is 0.543. The van der Waals surface area contributed by atoms with Gasteiger partial charge in [0.1, 0.15) is 12.3 Å². The molecule has 6 nitrogen and oxygen atoms in total. The van der Waals surface area contributed by atoms with E-state index in [1.165, 1.54) is 0 Å². The number of aromatic amines is 1. The number of nitrogens with one attached hydrogen (secondary N) is 1. The van der Waals surface area contributed by atoms with E-state index in [2.05, 4.69) is 17.1 Å². The molecule has 176 valence electrons. The molecule has 1 unspecified atom stereocenters. The molecule has 0 saturated carbocycles. The van der Waals surface area contributed by atoms with Gasteiger partial charge in [0.25, 0.3) is 5.91 Å². The van der Waals surface area contributed by atoms with Crippen LogP contribution in [0.2, 0.25) is 0 Å². The number of hydrogen-bond donors (Lipinski definition) is 1. The van der Waals surface area contributed by atoms with Gasteiger partial charge in [0.05, 0.1) is 12.8 Å². The molecule has 2 amide bonds. The topological polar surface area (TPSA) is 65.6 Å². The molecule has 1 N–H and O–H groups in total. The molecular formula is C29H27N3O3. The van der Waals surface area contributed by atoms with Gasteiger partial charge in [-0.05, 0) is 30.2 Å². The largest absolute Gasteiger partial charge is 0.496 e. The normalized spacial score (nSPS) is 21.7. The Morgan fingerprint density at radius 1 is 0.971 bits per heavy atom. The second-order valence-electron chi connectivity index (χ2n) is 9.48. The average Bonchev–Trinajstić information content (AvgIpc) is 3.29. The molecule has 2 aliphatic heterocycles. The highest BCUT2D eigenvalue weighted by molar-refractivity contribution is 6.01. The minimum absolute atomic E-state index is 0.0489. The predicted octanol–water partition coefficient (Wildman–Crippen LogP) is 4.41. The number of amides is 2. The third kappa shape index (κ3) is 3.16. The van der Waals surface area contributed by atoms with Crippen LogP contribution in [0.25, 0.3) is 10.9 Å². The summed E-state index contributed by atoms with van der Waals surface area (Å²) in [7, 11) is 1.67. The Bertz CT molecular complexity index is 1440. The molecule has 35 heavy (non-hydrogen) atoms.